The smallest absolute Gasteiger partial charge is 0.269 e. The van der Waals surface area contributed by atoms with Crippen LogP contribution in [0.4, 0.5) is 5.13 Å². The molecule has 0 spiro atoms. The van der Waals surface area contributed by atoms with Crippen LogP contribution in [0.5, 0.6) is 5.75 Å². The van der Waals surface area contributed by atoms with Crippen molar-refractivity contribution in [3.05, 3.63) is 53.6 Å². The molecular formula is C18H18N4O3S. The highest BCUT2D eigenvalue weighted by atomic mass is 32.1. The predicted molar refractivity (Wildman–Crippen MR) is 101 cm³/mol. The Bertz CT molecular complexity index is 922. The zero-order valence-electron chi connectivity index (χ0n) is 14.3. The zero-order chi connectivity index (χ0) is 18.5. The van der Waals surface area contributed by atoms with Crippen LogP contribution in [0.2, 0.25) is 0 Å². The maximum Gasteiger partial charge on any atom is 0.269 e. The molecule has 0 fully saturated rings. The number of nitrogens with zero attached hydrogens (tertiary/aromatic N) is 1. The van der Waals surface area contributed by atoms with E-state index in [9.17, 15) is 9.59 Å². The van der Waals surface area contributed by atoms with E-state index < -0.39 is 5.91 Å². The molecule has 0 aliphatic rings. The molecule has 0 bridgehead atoms. The first-order valence-electron chi connectivity index (χ1n) is 7.90. The molecule has 3 rings (SSSR count). The summed E-state index contributed by atoms with van der Waals surface area (Å²) >= 11 is 1.46. The zero-order valence-corrected chi connectivity index (χ0v) is 15.1. The van der Waals surface area contributed by atoms with Gasteiger partial charge in [0.15, 0.2) is 5.13 Å². The SMILES string of the molecule is COc1cc(C(=O)NNC(=O)CNc2nc3ccccc3s2)ccc1C. The van der Waals surface area contributed by atoms with Gasteiger partial charge in [0.25, 0.3) is 11.8 Å². The average molecular weight is 370 g/mol. The van der Waals surface area contributed by atoms with Crippen LogP contribution in [0.25, 0.3) is 10.2 Å². The summed E-state index contributed by atoms with van der Waals surface area (Å²) in [5.41, 5.74) is 6.95. The molecule has 1 heterocycles. The summed E-state index contributed by atoms with van der Waals surface area (Å²) in [6, 6.07) is 12.8. The molecular weight excluding hydrogens is 352 g/mol. The molecule has 0 radical (unpaired) electrons. The van der Waals surface area contributed by atoms with Gasteiger partial charge in [-0.1, -0.05) is 29.5 Å². The molecule has 2 aromatic carbocycles. The van der Waals surface area contributed by atoms with E-state index in [2.05, 4.69) is 21.2 Å². The molecule has 0 saturated carbocycles. The molecule has 0 atom stereocenters. The minimum Gasteiger partial charge on any atom is -0.496 e. The highest BCUT2D eigenvalue weighted by Crippen LogP contribution is 2.25. The molecule has 8 heteroatoms. The Hall–Kier alpha value is -3.13. The Kier molecular flexibility index (Phi) is 5.33. The number of anilines is 1. The fourth-order valence-corrected chi connectivity index (χ4v) is 3.17. The Morgan fingerprint density at radius 2 is 1.96 bits per heavy atom. The minimum atomic E-state index is -0.420. The van der Waals surface area contributed by atoms with Crippen molar-refractivity contribution in [3.8, 4) is 5.75 Å². The number of aromatic nitrogens is 1. The second-order valence-electron chi connectivity index (χ2n) is 5.53. The van der Waals surface area contributed by atoms with Crippen LogP contribution in [-0.4, -0.2) is 30.5 Å². The van der Waals surface area contributed by atoms with Gasteiger partial charge in [0.1, 0.15) is 5.75 Å². The van der Waals surface area contributed by atoms with E-state index in [1.165, 1.54) is 11.3 Å². The maximum absolute atomic E-state index is 12.1. The van der Waals surface area contributed by atoms with Crippen molar-refractivity contribution in [1.29, 1.82) is 0 Å². The number of para-hydroxylation sites is 1. The lowest BCUT2D eigenvalue weighted by Gasteiger charge is -2.10. The summed E-state index contributed by atoms with van der Waals surface area (Å²) in [5, 5.41) is 3.60. The van der Waals surface area contributed by atoms with Gasteiger partial charge < -0.3 is 10.1 Å². The molecule has 7 nitrogen and oxygen atoms in total. The molecule has 0 aliphatic carbocycles. The number of fused-ring (bicyclic) bond motifs is 1. The number of rotatable bonds is 5. The summed E-state index contributed by atoms with van der Waals surface area (Å²) in [5.74, 6) is -0.185. The third-order valence-corrected chi connectivity index (χ3v) is 4.67. The second kappa shape index (κ2) is 7.83. The molecule has 0 saturated heterocycles. The van der Waals surface area contributed by atoms with Crippen LogP contribution in [-0.2, 0) is 4.79 Å². The normalized spacial score (nSPS) is 10.4. The van der Waals surface area contributed by atoms with Gasteiger partial charge in [-0.2, -0.15) is 0 Å². The number of benzene rings is 2. The van der Waals surface area contributed by atoms with E-state index in [-0.39, 0.29) is 12.5 Å². The fraction of sp³-hybridized carbons (Fsp3) is 0.167. The van der Waals surface area contributed by atoms with Gasteiger partial charge in [-0.05, 0) is 36.8 Å². The van der Waals surface area contributed by atoms with Crippen LogP contribution in [0.1, 0.15) is 15.9 Å². The van der Waals surface area contributed by atoms with Crippen molar-refractivity contribution in [2.24, 2.45) is 0 Å². The van der Waals surface area contributed by atoms with Crippen LogP contribution in [0.3, 0.4) is 0 Å². The van der Waals surface area contributed by atoms with Crippen LogP contribution >= 0.6 is 11.3 Å². The third kappa shape index (κ3) is 4.09. The minimum absolute atomic E-state index is 0.00266. The summed E-state index contributed by atoms with van der Waals surface area (Å²) in [6.07, 6.45) is 0. The second-order valence-corrected chi connectivity index (χ2v) is 6.56. The van der Waals surface area contributed by atoms with Gasteiger partial charge in [0.05, 0.1) is 23.9 Å². The standard InChI is InChI=1S/C18H18N4O3S/c1-11-7-8-12(9-14(11)25-2)17(24)22-21-16(23)10-19-18-20-13-5-3-4-6-15(13)26-18/h3-9H,10H2,1-2H3,(H,19,20)(H,21,23)(H,22,24). The van der Waals surface area contributed by atoms with Crippen LogP contribution in [0.15, 0.2) is 42.5 Å². The van der Waals surface area contributed by atoms with Crippen molar-refractivity contribution in [3.63, 3.8) is 0 Å². The molecule has 134 valence electrons. The first-order chi connectivity index (χ1) is 12.6. The number of hydrogen-bond donors (Lipinski definition) is 3. The Balaban J connectivity index is 1.51. The van der Waals surface area contributed by atoms with E-state index >= 15 is 0 Å². The molecule has 0 unspecified atom stereocenters. The first kappa shape index (κ1) is 17.7. The number of ether oxygens (including phenoxy) is 1. The highest BCUT2D eigenvalue weighted by Gasteiger charge is 2.10. The van der Waals surface area contributed by atoms with Crippen molar-refractivity contribution >= 4 is 38.5 Å². The molecule has 26 heavy (non-hydrogen) atoms. The number of amides is 2. The van der Waals surface area contributed by atoms with Gasteiger partial charge in [-0.15, -0.1) is 0 Å². The average Bonchev–Trinajstić information content (AvgIpc) is 3.07. The lowest BCUT2D eigenvalue weighted by molar-refractivity contribution is -0.120. The third-order valence-electron chi connectivity index (χ3n) is 3.68. The maximum atomic E-state index is 12.1. The number of carbonyl (C=O) groups is 2. The summed E-state index contributed by atoms with van der Waals surface area (Å²) in [6.45, 7) is 1.88. The lowest BCUT2D eigenvalue weighted by Crippen LogP contribution is -2.44. The van der Waals surface area contributed by atoms with Gasteiger partial charge in [0, 0.05) is 5.56 Å². The number of aryl methyl sites for hydroxylation is 1. The topological polar surface area (TPSA) is 92.4 Å². The highest BCUT2D eigenvalue weighted by molar-refractivity contribution is 7.22. The summed E-state index contributed by atoms with van der Waals surface area (Å²) in [7, 11) is 1.54. The van der Waals surface area contributed by atoms with Crippen molar-refractivity contribution in [2.75, 3.05) is 19.0 Å². The Morgan fingerprint density at radius 3 is 2.73 bits per heavy atom. The van der Waals surface area contributed by atoms with E-state index in [0.717, 1.165) is 15.8 Å². The van der Waals surface area contributed by atoms with E-state index in [1.807, 2.05) is 31.2 Å². The van der Waals surface area contributed by atoms with Gasteiger partial charge >= 0.3 is 0 Å². The molecule has 1 aromatic heterocycles. The number of hydrogen-bond acceptors (Lipinski definition) is 6. The van der Waals surface area contributed by atoms with Crippen LogP contribution < -0.4 is 20.9 Å². The van der Waals surface area contributed by atoms with Gasteiger partial charge in [0.2, 0.25) is 0 Å². The Labute approximate surface area is 154 Å². The number of hydrazine groups is 1. The predicted octanol–water partition coefficient (Wildman–Crippen LogP) is 2.49. The number of thiazole rings is 1. The number of carbonyl (C=O) groups excluding carboxylic acids is 2. The lowest BCUT2D eigenvalue weighted by atomic mass is 10.1. The largest absolute Gasteiger partial charge is 0.496 e. The fourth-order valence-electron chi connectivity index (χ4n) is 2.31. The quantitative estimate of drug-likeness (QED) is 0.600. The van der Waals surface area contributed by atoms with E-state index in [1.54, 1.807) is 25.3 Å². The summed E-state index contributed by atoms with van der Waals surface area (Å²) in [4.78, 5) is 28.4. The Morgan fingerprint density at radius 1 is 1.15 bits per heavy atom. The number of methoxy groups -OCH3 is 1. The molecule has 3 N–H and O–H groups in total. The van der Waals surface area contributed by atoms with Crippen molar-refractivity contribution < 1.29 is 14.3 Å². The van der Waals surface area contributed by atoms with E-state index in [4.69, 9.17) is 4.74 Å². The monoisotopic (exact) mass is 370 g/mol. The van der Waals surface area contributed by atoms with Crippen LogP contribution in [0, 0.1) is 6.92 Å². The molecule has 3 aromatic rings. The van der Waals surface area contributed by atoms with Gasteiger partial charge in [-0.25, -0.2) is 4.98 Å². The van der Waals surface area contributed by atoms with E-state index in [0.29, 0.717) is 16.4 Å². The van der Waals surface area contributed by atoms with Gasteiger partial charge in [-0.3, -0.25) is 20.4 Å². The first-order valence-corrected chi connectivity index (χ1v) is 8.72. The van der Waals surface area contributed by atoms with Crippen molar-refractivity contribution in [2.45, 2.75) is 6.92 Å². The molecule has 0 aliphatic heterocycles. The molecule has 2 amide bonds. The van der Waals surface area contributed by atoms with Crippen molar-refractivity contribution in [1.82, 2.24) is 15.8 Å². The number of nitrogens with one attached hydrogen (secondary N) is 3. The summed E-state index contributed by atoms with van der Waals surface area (Å²) < 4.78 is 6.23.